The number of rotatable bonds is 7. The topological polar surface area (TPSA) is 21.1 Å². The highest BCUT2D eigenvalue weighted by atomic mass is 15.3. The maximum Gasteiger partial charge on any atom is 0.0489 e. The molecule has 1 aromatic heterocycles. The van der Waals surface area contributed by atoms with Crippen molar-refractivity contribution in [3.8, 4) is 0 Å². The summed E-state index contributed by atoms with van der Waals surface area (Å²) in [6, 6.07) is 11.8. The van der Waals surface area contributed by atoms with Crippen LogP contribution in [0.1, 0.15) is 49.3 Å². The van der Waals surface area contributed by atoms with Crippen LogP contribution >= 0.6 is 0 Å². The number of hydrogen-bond donors (Lipinski definition) is 0. The molecule has 0 radical (unpaired) electrons. The maximum absolute atomic E-state index is 4.26. The molecule has 1 aromatic carbocycles. The largest absolute Gasteiger partial charge is 0.296 e. The minimum absolute atomic E-state index is 0.645. The lowest BCUT2D eigenvalue weighted by atomic mass is 10.0. The molecule has 0 spiro atoms. The summed E-state index contributed by atoms with van der Waals surface area (Å²) in [6.07, 6.45) is 10.4. The molecule has 1 aliphatic heterocycles. The van der Waals surface area contributed by atoms with Gasteiger partial charge >= 0.3 is 0 Å². The second-order valence-electron chi connectivity index (χ2n) is 6.43. The molecule has 0 amide bonds. The number of aromatic nitrogens is 2. The molecule has 0 aliphatic carbocycles. The van der Waals surface area contributed by atoms with Gasteiger partial charge in [-0.15, -0.1) is 0 Å². The van der Waals surface area contributed by atoms with E-state index < -0.39 is 0 Å². The third kappa shape index (κ3) is 3.98. The normalized spacial score (nSPS) is 18.9. The van der Waals surface area contributed by atoms with Gasteiger partial charge in [0.1, 0.15) is 0 Å². The van der Waals surface area contributed by atoms with Gasteiger partial charge in [0.25, 0.3) is 0 Å². The van der Waals surface area contributed by atoms with Crippen molar-refractivity contribution in [3.63, 3.8) is 0 Å². The van der Waals surface area contributed by atoms with Crippen molar-refractivity contribution in [2.45, 2.75) is 51.6 Å². The van der Waals surface area contributed by atoms with Gasteiger partial charge in [-0.3, -0.25) is 9.58 Å². The minimum atomic E-state index is 0.645. The van der Waals surface area contributed by atoms with Crippen molar-refractivity contribution >= 4 is 0 Å². The summed E-state index contributed by atoms with van der Waals surface area (Å²) in [6.45, 7) is 5.71. The van der Waals surface area contributed by atoms with Gasteiger partial charge in [-0.2, -0.15) is 5.10 Å². The van der Waals surface area contributed by atoms with Gasteiger partial charge in [0, 0.05) is 25.0 Å². The standard InChI is InChI=1S/C19H27N3/c1-17-8-10-18(11-9-17)19-7-5-14-21(19)13-3-2-4-15-22-16-6-12-20-22/h6,8-12,16,19H,2-5,7,13-15H2,1H3. The molecule has 1 atom stereocenters. The highest BCUT2D eigenvalue weighted by molar-refractivity contribution is 5.24. The van der Waals surface area contributed by atoms with E-state index in [1.807, 2.05) is 23.1 Å². The van der Waals surface area contributed by atoms with Gasteiger partial charge in [0.05, 0.1) is 0 Å². The summed E-state index contributed by atoms with van der Waals surface area (Å²) in [5, 5.41) is 4.26. The van der Waals surface area contributed by atoms with Crippen molar-refractivity contribution in [1.82, 2.24) is 14.7 Å². The average Bonchev–Trinajstić information content (AvgIpc) is 3.19. The maximum atomic E-state index is 4.26. The van der Waals surface area contributed by atoms with E-state index in [-0.39, 0.29) is 0 Å². The molecule has 0 saturated carbocycles. The van der Waals surface area contributed by atoms with Gasteiger partial charge in [-0.05, 0) is 57.3 Å². The molecule has 2 heterocycles. The first-order valence-electron chi connectivity index (χ1n) is 8.61. The Hall–Kier alpha value is -1.61. The van der Waals surface area contributed by atoms with Crippen molar-refractivity contribution in [2.75, 3.05) is 13.1 Å². The van der Waals surface area contributed by atoms with E-state index in [2.05, 4.69) is 41.2 Å². The Kier molecular flexibility index (Phi) is 5.28. The summed E-state index contributed by atoms with van der Waals surface area (Å²) in [5.74, 6) is 0. The first-order chi connectivity index (χ1) is 10.8. The fraction of sp³-hybridized carbons (Fsp3) is 0.526. The van der Waals surface area contributed by atoms with Crippen LogP contribution in [0, 0.1) is 6.92 Å². The predicted molar refractivity (Wildman–Crippen MR) is 90.8 cm³/mol. The van der Waals surface area contributed by atoms with Crippen molar-refractivity contribution in [1.29, 1.82) is 0 Å². The van der Waals surface area contributed by atoms with E-state index in [0.717, 1.165) is 6.54 Å². The summed E-state index contributed by atoms with van der Waals surface area (Å²) in [7, 11) is 0. The van der Waals surface area contributed by atoms with E-state index in [4.69, 9.17) is 0 Å². The van der Waals surface area contributed by atoms with Crippen molar-refractivity contribution in [2.24, 2.45) is 0 Å². The molecule has 1 fully saturated rings. The smallest absolute Gasteiger partial charge is 0.0489 e. The van der Waals surface area contributed by atoms with Crippen LogP contribution in [0.25, 0.3) is 0 Å². The fourth-order valence-corrected chi connectivity index (χ4v) is 3.46. The van der Waals surface area contributed by atoms with Crippen LogP contribution in [0.3, 0.4) is 0 Å². The van der Waals surface area contributed by atoms with Crippen molar-refractivity contribution < 1.29 is 0 Å². The summed E-state index contributed by atoms with van der Waals surface area (Å²) < 4.78 is 2.03. The zero-order valence-corrected chi connectivity index (χ0v) is 13.6. The highest BCUT2D eigenvalue weighted by Crippen LogP contribution is 2.32. The Morgan fingerprint density at radius 3 is 2.68 bits per heavy atom. The minimum Gasteiger partial charge on any atom is -0.296 e. The van der Waals surface area contributed by atoms with Crippen LogP contribution in [-0.2, 0) is 6.54 Å². The summed E-state index contributed by atoms with van der Waals surface area (Å²) in [5.41, 5.74) is 2.85. The molecule has 3 nitrogen and oxygen atoms in total. The van der Waals surface area contributed by atoms with Gasteiger partial charge in [-0.1, -0.05) is 36.2 Å². The molecule has 3 heteroatoms. The Bertz CT molecular complexity index is 545. The molecular weight excluding hydrogens is 270 g/mol. The molecule has 0 bridgehead atoms. The highest BCUT2D eigenvalue weighted by Gasteiger charge is 2.24. The number of aryl methyl sites for hydroxylation is 2. The van der Waals surface area contributed by atoms with Crippen LogP contribution in [0.5, 0.6) is 0 Å². The SMILES string of the molecule is Cc1ccc(C2CCCN2CCCCCn2cccn2)cc1. The number of benzene rings is 1. The van der Waals surface area contributed by atoms with E-state index in [1.54, 1.807) is 0 Å². The van der Waals surface area contributed by atoms with Crippen molar-refractivity contribution in [3.05, 3.63) is 53.9 Å². The summed E-state index contributed by atoms with van der Waals surface area (Å²) >= 11 is 0. The van der Waals surface area contributed by atoms with Crippen LogP contribution in [-0.4, -0.2) is 27.8 Å². The molecule has 2 aromatic rings. The first kappa shape index (κ1) is 15.3. The molecule has 1 unspecified atom stereocenters. The van der Waals surface area contributed by atoms with Crippen LogP contribution in [0.4, 0.5) is 0 Å². The Labute approximate surface area is 133 Å². The van der Waals surface area contributed by atoms with Gasteiger partial charge in [0.2, 0.25) is 0 Å². The Morgan fingerprint density at radius 1 is 1.09 bits per heavy atom. The second-order valence-corrected chi connectivity index (χ2v) is 6.43. The molecule has 118 valence electrons. The first-order valence-corrected chi connectivity index (χ1v) is 8.61. The molecule has 0 N–H and O–H groups in total. The third-order valence-corrected chi connectivity index (χ3v) is 4.72. The number of likely N-dealkylation sites (tertiary alicyclic amines) is 1. The average molecular weight is 297 g/mol. The monoisotopic (exact) mass is 297 g/mol. The Morgan fingerprint density at radius 2 is 1.91 bits per heavy atom. The van der Waals surface area contributed by atoms with Crippen LogP contribution in [0.15, 0.2) is 42.7 Å². The fourth-order valence-electron chi connectivity index (χ4n) is 3.46. The quantitative estimate of drug-likeness (QED) is 0.714. The van der Waals surface area contributed by atoms with Gasteiger partial charge in [0.15, 0.2) is 0 Å². The second kappa shape index (κ2) is 7.59. The molecular formula is C19H27N3. The van der Waals surface area contributed by atoms with E-state index in [0.29, 0.717) is 6.04 Å². The van der Waals surface area contributed by atoms with Gasteiger partial charge in [-0.25, -0.2) is 0 Å². The molecule has 22 heavy (non-hydrogen) atoms. The summed E-state index contributed by atoms with van der Waals surface area (Å²) in [4.78, 5) is 2.68. The zero-order valence-electron chi connectivity index (χ0n) is 13.6. The molecule has 3 rings (SSSR count). The Balaban J connectivity index is 1.42. The van der Waals surface area contributed by atoms with Crippen LogP contribution < -0.4 is 0 Å². The zero-order chi connectivity index (χ0) is 15.2. The van der Waals surface area contributed by atoms with E-state index in [1.165, 1.54) is 56.3 Å². The lowest BCUT2D eigenvalue weighted by Gasteiger charge is -2.25. The van der Waals surface area contributed by atoms with Crippen LogP contribution in [0.2, 0.25) is 0 Å². The molecule has 1 aliphatic rings. The number of hydrogen-bond acceptors (Lipinski definition) is 2. The van der Waals surface area contributed by atoms with E-state index in [9.17, 15) is 0 Å². The third-order valence-electron chi connectivity index (χ3n) is 4.72. The van der Waals surface area contributed by atoms with Gasteiger partial charge < -0.3 is 0 Å². The lowest BCUT2D eigenvalue weighted by molar-refractivity contribution is 0.250. The number of unbranched alkanes of at least 4 members (excludes halogenated alkanes) is 2. The molecule has 1 saturated heterocycles. The van der Waals surface area contributed by atoms with E-state index >= 15 is 0 Å². The predicted octanol–water partition coefficient (Wildman–Crippen LogP) is 4.20. The lowest BCUT2D eigenvalue weighted by Crippen LogP contribution is -2.24. The number of nitrogens with zero attached hydrogens (tertiary/aromatic N) is 3.